The lowest BCUT2D eigenvalue weighted by Crippen LogP contribution is -2.42. The van der Waals surface area contributed by atoms with Gasteiger partial charge in [0.2, 0.25) is 5.91 Å². The van der Waals surface area contributed by atoms with E-state index in [-0.39, 0.29) is 11.8 Å². The number of hydrogen-bond donors (Lipinski definition) is 1. The van der Waals surface area contributed by atoms with E-state index < -0.39 is 0 Å². The third-order valence-corrected chi connectivity index (χ3v) is 5.97. The van der Waals surface area contributed by atoms with Gasteiger partial charge in [0.15, 0.2) is 0 Å². The van der Waals surface area contributed by atoms with Crippen LogP contribution in [0.5, 0.6) is 5.75 Å². The molecule has 1 saturated heterocycles. The molecule has 1 atom stereocenters. The summed E-state index contributed by atoms with van der Waals surface area (Å²) in [5.41, 5.74) is 2.90. The standard InChI is InChI=1S/C25H30N2O3/c1-18-6-2-3-8-20(18)15-24(28)27-13-5-7-19(16-27)17-30-23-10-4-9-21(14-23)25(29)26-22-11-12-22/h2-4,6,8-10,14,19,22H,5,7,11-13,15-17H2,1H3,(H,26,29)/t19-/m0/s1. The molecule has 2 aromatic carbocycles. The molecule has 1 heterocycles. The molecule has 0 unspecified atom stereocenters. The van der Waals surface area contributed by atoms with Crippen LogP contribution in [-0.4, -0.2) is 42.5 Å². The predicted octanol–water partition coefficient (Wildman–Crippen LogP) is 3.75. The Morgan fingerprint density at radius 1 is 1.10 bits per heavy atom. The molecule has 2 aromatic rings. The van der Waals surface area contributed by atoms with Crippen LogP contribution in [0, 0.1) is 12.8 Å². The zero-order chi connectivity index (χ0) is 20.9. The van der Waals surface area contributed by atoms with Crippen molar-refractivity contribution >= 4 is 11.8 Å². The van der Waals surface area contributed by atoms with E-state index in [0.29, 0.717) is 36.3 Å². The number of rotatable bonds is 7. The summed E-state index contributed by atoms with van der Waals surface area (Å²) in [5, 5.41) is 3.01. The molecular weight excluding hydrogens is 376 g/mol. The lowest BCUT2D eigenvalue weighted by Gasteiger charge is -2.33. The second kappa shape index (κ2) is 9.33. The zero-order valence-corrected chi connectivity index (χ0v) is 17.6. The van der Waals surface area contributed by atoms with Gasteiger partial charge in [-0.15, -0.1) is 0 Å². The Hall–Kier alpha value is -2.82. The molecule has 2 aliphatic rings. The number of hydrogen-bond acceptors (Lipinski definition) is 3. The quantitative estimate of drug-likeness (QED) is 0.762. The number of likely N-dealkylation sites (tertiary alicyclic amines) is 1. The number of piperidine rings is 1. The molecule has 2 fully saturated rings. The molecule has 1 aliphatic carbocycles. The molecule has 5 nitrogen and oxygen atoms in total. The lowest BCUT2D eigenvalue weighted by molar-refractivity contribution is -0.132. The van der Waals surface area contributed by atoms with Gasteiger partial charge in [0.05, 0.1) is 13.0 Å². The summed E-state index contributed by atoms with van der Waals surface area (Å²) in [6.45, 7) is 4.15. The summed E-state index contributed by atoms with van der Waals surface area (Å²) in [4.78, 5) is 27.0. The van der Waals surface area contributed by atoms with Gasteiger partial charge < -0.3 is 15.0 Å². The molecule has 0 aromatic heterocycles. The summed E-state index contributed by atoms with van der Waals surface area (Å²) in [6, 6.07) is 15.8. The molecule has 4 rings (SSSR count). The van der Waals surface area contributed by atoms with Crippen LogP contribution in [0.15, 0.2) is 48.5 Å². The van der Waals surface area contributed by atoms with E-state index in [9.17, 15) is 9.59 Å². The highest BCUT2D eigenvalue weighted by Gasteiger charge is 2.25. The van der Waals surface area contributed by atoms with E-state index in [1.807, 2.05) is 47.4 Å². The minimum atomic E-state index is -0.0337. The van der Waals surface area contributed by atoms with Gasteiger partial charge in [-0.3, -0.25) is 9.59 Å². The van der Waals surface area contributed by atoms with Crippen molar-refractivity contribution in [3.8, 4) is 5.75 Å². The number of carbonyl (C=O) groups excluding carboxylic acids is 2. The van der Waals surface area contributed by atoms with Crippen molar-refractivity contribution in [3.63, 3.8) is 0 Å². The molecule has 1 N–H and O–H groups in total. The van der Waals surface area contributed by atoms with E-state index >= 15 is 0 Å². The molecular formula is C25H30N2O3. The highest BCUT2D eigenvalue weighted by molar-refractivity contribution is 5.94. The largest absolute Gasteiger partial charge is 0.493 e. The van der Waals surface area contributed by atoms with Crippen molar-refractivity contribution in [2.45, 2.75) is 45.1 Å². The number of ether oxygens (including phenoxy) is 1. The highest BCUT2D eigenvalue weighted by Crippen LogP contribution is 2.22. The number of aryl methyl sites for hydroxylation is 1. The second-order valence-corrected chi connectivity index (χ2v) is 8.54. The van der Waals surface area contributed by atoms with Gasteiger partial charge in [0.25, 0.3) is 5.91 Å². The monoisotopic (exact) mass is 406 g/mol. The fourth-order valence-corrected chi connectivity index (χ4v) is 3.95. The van der Waals surface area contributed by atoms with Crippen LogP contribution in [-0.2, 0) is 11.2 Å². The van der Waals surface area contributed by atoms with Crippen molar-refractivity contribution in [3.05, 3.63) is 65.2 Å². The third kappa shape index (κ3) is 5.41. The Morgan fingerprint density at radius 2 is 1.93 bits per heavy atom. The fourth-order valence-electron chi connectivity index (χ4n) is 3.95. The maximum absolute atomic E-state index is 12.8. The maximum atomic E-state index is 12.8. The SMILES string of the molecule is Cc1ccccc1CC(=O)N1CCC[C@H](COc2cccc(C(=O)NC3CC3)c2)C1. The van der Waals surface area contributed by atoms with E-state index in [1.165, 1.54) is 0 Å². The minimum Gasteiger partial charge on any atom is -0.493 e. The van der Waals surface area contributed by atoms with Crippen LogP contribution in [0.1, 0.15) is 47.2 Å². The first-order chi connectivity index (χ1) is 14.6. The van der Waals surface area contributed by atoms with Gasteiger partial charge in [-0.25, -0.2) is 0 Å². The average molecular weight is 407 g/mol. The Morgan fingerprint density at radius 3 is 2.73 bits per heavy atom. The highest BCUT2D eigenvalue weighted by atomic mass is 16.5. The van der Waals surface area contributed by atoms with Crippen molar-refractivity contribution < 1.29 is 14.3 Å². The van der Waals surface area contributed by atoms with Crippen molar-refractivity contribution in [2.75, 3.05) is 19.7 Å². The zero-order valence-electron chi connectivity index (χ0n) is 17.6. The lowest BCUT2D eigenvalue weighted by atomic mass is 9.97. The molecule has 5 heteroatoms. The second-order valence-electron chi connectivity index (χ2n) is 8.54. The summed E-state index contributed by atoms with van der Waals surface area (Å²) < 4.78 is 6.00. The maximum Gasteiger partial charge on any atom is 0.251 e. The number of nitrogens with one attached hydrogen (secondary N) is 1. The van der Waals surface area contributed by atoms with Crippen LogP contribution < -0.4 is 10.1 Å². The molecule has 158 valence electrons. The Kier molecular flexibility index (Phi) is 6.36. The summed E-state index contributed by atoms with van der Waals surface area (Å²) in [5.74, 6) is 1.17. The first-order valence-corrected chi connectivity index (χ1v) is 10.9. The van der Waals surface area contributed by atoms with Crippen molar-refractivity contribution in [1.82, 2.24) is 10.2 Å². The van der Waals surface area contributed by atoms with Crippen LogP contribution in [0.3, 0.4) is 0 Å². The van der Waals surface area contributed by atoms with Gasteiger partial charge in [-0.1, -0.05) is 30.3 Å². The molecule has 30 heavy (non-hydrogen) atoms. The Labute approximate surface area is 178 Å². The molecule has 2 amide bonds. The first kappa shape index (κ1) is 20.5. The summed E-state index contributed by atoms with van der Waals surface area (Å²) in [6.07, 6.45) is 4.65. The van der Waals surface area contributed by atoms with E-state index in [4.69, 9.17) is 4.74 Å². The molecule has 1 saturated carbocycles. The van der Waals surface area contributed by atoms with Gasteiger partial charge in [0, 0.05) is 30.6 Å². The van der Waals surface area contributed by atoms with Crippen LogP contribution in [0.25, 0.3) is 0 Å². The summed E-state index contributed by atoms with van der Waals surface area (Å²) in [7, 11) is 0. The smallest absolute Gasteiger partial charge is 0.251 e. The van der Waals surface area contributed by atoms with Gasteiger partial charge in [-0.05, 0) is 61.9 Å². The van der Waals surface area contributed by atoms with E-state index in [1.54, 1.807) is 0 Å². The third-order valence-electron chi connectivity index (χ3n) is 5.97. The van der Waals surface area contributed by atoms with Gasteiger partial charge in [-0.2, -0.15) is 0 Å². The predicted molar refractivity (Wildman–Crippen MR) is 117 cm³/mol. The molecule has 0 spiro atoms. The molecule has 1 aliphatic heterocycles. The van der Waals surface area contributed by atoms with E-state index in [0.717, 1.165) is 49.9 Å². The minimum absolute atomic E-state index is 0.0337. The number of carbonyl (C=O) groups is 2. The van der Waals surface area contributed by atoms with Gasteiger partial charge in [0.1, 0.15) is 5.75 Å². The van der Waals surface area contributed by atoms with E-state index in [2.05, 4.69) is 18.3 Å². The molecule has 0 bridgehead atoms. The van der Waals surface area contributed by atoms with Gasteiger partial charge >= 0.3 is 0 Å². The Bertz CT molecular complexity index is 907. The number of nitrogens with zero attached hydrogens (tertiary/aromatic N) is 1. The van der Waals surface area contributed by atoms with Crippen molar-refractivity contribution in [2.24, 2.45) is 5.92 Å². The normalized spacial score (nSPS) is 18.7. The van der Waals surface area contributed by atoms with Crippen LogP contribution in [0.4, 0.5) is 0 Å². The first-order valence-electron chi connectivity index (χ1n) is 10.9. The number of amides is 2. The Balaban J connectivity index is 1.29. The van der Waals surface area contributed by atoms with Crippen LogP contribution >= 0.6 is 0 Å². The summed E-state index contributed by atoms with van der Waals surface area (Å²) >= 11 is 0. The van der Waals surface area contributed by atoms with Crippen molar-refractivity contribution in [1.29, 1.82) is 0 Å². The number of benzene rings is 2. The topological polar surface area (TPSA) is 58.6 Å². The molecule has 0 radical (unpaired) electrons. The average Bonchev–Trinajstić information content (AvgIpc) is 3.58. The fraction of sp³-hybridized carbons (Fsp3) is 0.440. The van der Waals surface area contributed by atoms with Crippen LogP contribution in [0.2, 0.25) is 0 Å².